The second-order valence-electron chi connectivity index (χ2n) is 5.54. The largest absolute Gasteiger partial charge is 0.339 e. The number of rotatable bonds is 3. The maximum Gasteiger partial charge on any atom is 0.247 e. The molecule has 1 N–H and O–H groups in total. The Kier molecular flexibility index (Phi) is 4.28. The first-order valence-corrected chi connectivity index (χ1v) is 7.60. The Morgan fingerprint density at radius 2 is 1.90 bits per heavy atom. The summed E-state index contributed by atoms with van der Waals surface area (Å²) in [6.07, 6.45) is 6.68. The fourth-order valence-corrected chi connectivity index (χ4v) is 2.63. The summed E-state index contributed by atoms with van der Waals surface area (Å²) < 4.78 is 0. The Morgan fingerprint density at radius 3 is 2.67 bits per heavy atom. The molecule has 0 atom stereocenters. The van der Waals surface area contributed by atoms with Crippen molar-refractivity contribution >= 4 is 17.5 Å². The lowest BCUT2D eigenvalue weighted by Crippen LogP contribution is -2.26. The van der Waals surface area contributed by atoms with Crippen molar-refractivity contribution in [1.82, 2.24) is 15.2 Å². The zero-order valence-corrected chi connectivity index (χ0v) is 12.4. The van der Waals surface area contributed by atoms with Gasteiger partial charge in [0.15, 0.2) is 5.82 Å². The lowest BCUT2D eigenvalue weighted by atomic mass is 10.2. The molecule has 0 saturated carbocycles. The topological polar surface area (TPSA) is 53.9 Å². The third-order valence-electron chi connectivity index (χ3n) is 3.73. The molecule has 21 heavy (non-hydrogen) atoms. The number of nitrogens with one attached hydrogen (secondary N) is 1. The molecule has 0 amide bonds. The van der Waals surface area contributed by atoms with Crippen LogP contribution < -0.4 is 10.2 Å². The molecule has 1 aliphatic heterocycles. The predicted molar refractivity (Wildman–Crippen MR) is 85.0 cm³/mol. The molecule has 1 aliphatic rings. The van der Waals surface area contributed by atoms with Crippen LogP contribution in [0, 0.1) is 6.92 Å². The van der Waals surface area contributed by atoms with E-state index in [1.54, 1.807) is 6.20 Å². The summed E-state index contributed by atoms with van der Waals surface area (Å²) in [6.45, 7) is 4.12. The maximum absolute atomic E-state index is 4.60. The average molecular weight is 283 g/mol. The summed E-state index contributed by atoms with van der Waals surface area (Å²) in [5, 5.41) is 11.6. The third kappa shape index (κ3) is 3.68. The molecule has 0 unspecified atom stereocenters. The van der Waals surface area contributed by atoms with Crippen LogP contribution in [0.15, 0.2) is 30.5 Å². The van der Waals surface area contributed by atoms with Crippen molar-refractivity contribution in [3.63, 3.8) is 0 Å². The van der Waals surface area contributed by atoms with E-state index in [4.69, 9.17) is 0 Å². The quantitative estimate of drug-likeness (QED) is 0.936. The highest BCUT2D eigenvalue weighted by molar-refractivity contribution is 5.57. The van der Waals surface area contributed by atoms with Crippen LogP contribution in [0.3, 0.4) is 0 Å². The van der Waals surface area contributed by atoms with Gasteiger partial charge in [-0.1, -0.05) is 25.0 Å². The predicted octanol–water partition coefficient (Wildman–Crippen LogP) is 3.30. The van der Waals surface area contributed by atoms with Gasteiger partial charge in [-0.3, -0.25) is 0 Å². The van der Waals surface area contributed by atoms with Crippen LogP contribution in [0.25, 0.3) is 0 Å². The molecule has 0 spiro atoms. The summed E-state index contributed by atoms with van der Waals surface area (Å²) in [5.74, 6) is 1.48. The Hall–Kier alpha value is -2.17. The molecule has 5 nitrogen and oxygen atoms in total. The van der Waals surface area contributed by atoms with Crippen LogP contribution in [0.2, 0.25) is 0 Å². The zero-order chi connectivity index (χ0) is 14.5. The van der Waals surface area contributed by atoms with Crippen LogP contribution >= 0.6 is 0 Å². The minimum Gasteiger partial charge on any atom is -0.339 e. The Labute approximate surface area is 125 Å². The van der Waals surface area contributed by atoms with Crippen LogP contribution in [0.1, 0.15) is 31.2 Å². The molecule has 5 heteroatoms. The first kappa shape index (κ1) is 13.8. The van der Waals surface area contributed by atoms with E-state index >= 15 is 0 Å². The van der Waals surface area contributed by atoms with Crippen LogP contribution in [0.5, 0.6) is 0 Å². The van der Waals surface area contributed by atoms with E-state index in [0.717, 1.165) is 30.5 Å². The van der Waals surface area contributed by atoms with Crippen LogP contribution in [-0.2, 0) is 0 Å². The summed E-state index contributed by atoms with van der Waals surface area (Å²) in [7, 11) is 0. The van der Waals surface area contributed by atoms with Gasteiger partial charge in [0.2, 0.25) is 5.95 Å². The van der Waals surface area contributed by atoms with E-state index in [0.29, 0.717) is 0 Å². The number of aryl methyl sites for hydroxylation is 1. The Bertz CT molecular complexity index is 591. The van der Waals surface area contributed by atoms with Gasteiger partial charge in [-0.25, -0.2) is 0 Å². The molecule has 1 aromatic carbocycles. The molecule has 1 aromatic heterocycles. The highest BCUT2D eigenvalue weighted by atomic mass is 15.3. The van der Waals surface area contributed by atoms with Gasteiger partial charge in [0, 0.05) is 18.8 Å². The van der Waals surface area contributed by atoms with Gasteiger partial charge in [0.25, 0.3) is 0 Å². The average Bonchev–Trinajstić information content (AvgIpc) is 2.77. The van der Waals surface area contributed by atoms with E-state index in [1.165, 1.54) is 31.2 Å². The number of hydrogen-bond acceptors (Lipinski definition) is 5. The van der Waals surface area contributed by atoms with Crippen molar-refractivity contribution in [3.8, 4) is 0 Å². The summed E-state index contributed by atoms with van der Waals surface area (Å²) in [6, 6.07) is 8.22. The monoisotopic (exact) mass is 283 g/mol. The molecular weight excluding hydrogens is 262 g/mol. The third-order valence-corrected chi connectivity index (χ3v) is 3.73. The molecule has 0 aliphatic carbocycles. The van der Waals surface area contributed by atoms with Crippen LogP contribution in [0.4, 0.5) is 17.5 Å². The van der Waals surface area contributed by atoms with Gasteiger partial charge in [-0.05, 0) is 37.5 Å². The normalized spacial score (nSPS) is 15.6. The number of hydrogen-bond donors (Lipinski definition) is 1. The van der Waals surface area contributed by atoms with Gasteiger partial charge < -0.3 is 10.2 Å². The minimum absolute atomic E-state index is 0.731. The van der Waals surface area contributed by atoms with Crippen molar-refractivity contribution in [3.05, 3.63) is 36.0 Å². The Morgan fingerprint density at radius 1 is 1.10 bits per heavy atom. The number of nitrogens with zero attached hydrogens (tertiary/aromatic N) is 4. The van der Waals surface area contributed by atoms with Gasteiger partial charge in [-0.15, -0.1) is 5.10 Å². The summed E-state index contributed by atoms with van der Waals surface area (Å²) in [4.78, 5) is 6.84. The van der Waals surface area contributed by atoms with Crippen LogP contribution in [-0.4, -0.2) is 28.3 Å². The van der Waals surface area contributed by atoms with E-state index in [1.807, 2.05) is 12.1 Å². The number of anilines is 3. The highest BCUT2D eigenvalue weighted by Crippen LogP contribution is 2.19. The van der Waals surface area contributed by atoms with Crippen molar-refractivity contribution in [2.45, 2.75) is 32.6 Å². The standard InChI is InChI=1S/C16H21N5/c1-13-7-6-8-14(11-13)18-15-12-17-20-16(19-15)21-9-4-2-3-5-10-21/h6-8,11-12H,2-5,9-10H2,1H3,(H,18,19,20). The van der Waals surface area contributed by atoms with E-state index in [9.17, 15) is 0 Å². The molecule has 0 bridgehead atoms. The lowest BCUT2D eigenvalue weighted by Gasteiger charge is -2.19. The second kappa shape index (κ2) is 6.52. The fraction of sp³-hybridized carbons (Fsp3) is 0.438. The van der Waals surface area contributed by atoms with E-state index in [2.05, 4.69) is 44.5 Å². The van der Waals surface area contributed by atoms with E-state index < -0.39 is 0 Å². The number of benzene rings is 1. The minimum atomic E-state index is 0.731. The van der Waals surface area contributed by atoms with Crippen molar-refractivity contribution < 1.29 is 0 Å². The molecule has 1 saturated heterocycles. The summed E-state index contributed by atoms with van der Waals surface area (Å²) >= 11 is 0. The maximum atomic E-state index is 4.60. The lowest BCUT2D eigenvalue weighted by molar-refractivity contribution is 0.726. The van der Waals surface area contributed by atoms with Crippen molar-refractivity contribution in [2.75, 3.05) is 23.3 Å². The molecule has 110 valence electrons. The molecular formula is C16H21N5. The zero-order valence-electron chi connectivity index (χ0n) is 12.4. The molecule has 3 rings (SSSR count). The van der Waals surface area contributed by atoms with Gasteiger partial charge >= 0.3 is 0 Å². The smallest absolute Gasteiger partial charge is 0.247 e. The second-order valence-corrected chi connectivity index (χ2v) is 5.54. The van der Waals surface area contributed by atoms with Crippen molar-refractivity contribution in [2.24, 2.45) is 0 Å². The molecule has 2 aromatic rings. The summed E-state index contributed by atoms with van der Waals surface area (Å²) in [5.41, 5.74) is 2.24. The molecule has 2 heterocycles. The van der Waals surface area contributed by atoms with Gasteiger partial charge in [-0.2, -0.15) is 10.1 Å². The first-order chi connectivity index (χ1) is 10.3. The Balaban J connectivity index is 1.76. The molecule has 0 radical (unpaired) electrons. The first-order valence-electron chi connectivity index (χ1n) is 7.60. The van der Waals surface area contributed by atoms with Gasteiger partial charge in [0.1, 0.15) is 0 Å². The van der Waals surface area contributed by atoms with Gasteiger partial charge in [0.05, 0.1) is 6.20 Å². The highest BCUT2D eigenvalue weighted by Gasteiger charge is 2.13. The SMILES string of the molecule is Cc1cccc(Nc2cnnc(N3CCCCCC3)n2)c1. The number of aromatic nitrogens is 3. The fourth-order valence-electron chi connectivity index (χ4n) is 2.63. The van der Waals surface area contributed by atoms with E-state index in [-0.39, 0.29) is 0 Å². The molecule has 1 fully saturated rings. The van der Waals surface area contributed by atoms with Crippen molar-refractivity contribution in [1.29, 1.82) is 0 Å².